The Morgan fingerprint density at radius 2 is 2.31 bits per heavy atom. The van der Waals surface area contributed by atoms with Crippen LogP contribution in [0.3, 0.4) is 0 Å². The Kier molecular flexibility index (Phi) is 6.26. The maximum atomic E-state index is 11.6. The van der Waals surface area contributed by atoms with Crippen LogP contribution in [0.4, 0.5) is 0 Å². The molecule has 1 aromatic rings. The number of halogens is 1. The van der Waals surface area contributed by atoms with Gasteiger partial charge in [0.25, 0.3) is 0 Å². The quantitative estimate of drug-likeness (QED) is 0.723. The highest BCUT2D eigenvalue weighted by Crippen LogP contribution is 2.11. The fourth-order valence-electron chi connectivity index (χ4n) is 1.38. The number of pyridine rings is 1. The van der Waals surface area contributed by atoms with E-state index in [4.69, 9.17) is 4.74 Å². The van der Waals surface area contributed by atoms with Gasteiger partial charge < -0.3 is 4.74 Å². The van der Waals surface area contributed by atoms with Gasteiger partial charge in [-0.15, -0.1) is 0 Å². The van der Waals surface area contributed by atoms with Crippen molar-refractivity contribution in [3.05, 3.63) is 28.5 Å². The number of hydrogen-bond acceptors (Lipinski definition) is 3. The van der Waals surface area contributed by atoms with Gasteiger partial charge in [-0.25, -0.2) is 0 Å². The zero-order valence-corrected chi connectivity index (χ0v) is 11.0. The second-order valence-corrected chi connectivity index (χ2v) is 4.44. The van der Waals surface area contributed by atoms with Crippen molar-refractivity contribution in [2.75, 3.05) is 13.2 Å². The van der Waals surface area contributed by atoms with Crippen LogP contribution in [-0.4, -0.2) is 24.0 Å². The van der Waals surface area contributed by atoms with E-state index in [1.54, 1.807) is 12.4 Å². The number of aromatic nitrogens is 1. The molecule has 0 aliphatic heterocycles. The van der Waals surface area contributed by atoms with E-state index in [0.29, 0.717) is 26.1 Å². The first-order chi connectivity index (χ1) is 7.72. The second kappa shape index (κ2) is 7.52. The number of ether oxygens (including phenoxy) is 1. The maximum absolute atomic E-state index is 11.6. The molecule has 0 radical (unpaired) electrons. The third-order valence-corrected chi connectivity index (χ3v) is 2.54. The summed E-state index contributed by atoms with van der Waals surface area (Å²) in [5.74, 6) is 0.236. The molecule has 1 rings (SSSR count). The number of ketones is 1. The summed E-state index contributed by atoms with van der Waals surface area (Å²) in [5, 5.41) is 0. The molecule has 16 heavy (non-hydrogen) atoms. The molecular weight excluding hydrogens is 270 g/mol. The van der Waals surface area contributed by atoms with E-state index in [1.165, 1.54) is 0 Å². The van der Waals surface area contributed by atoms with Crippen LogP contribution >= 0.6 is 15.9 Å². The molecule has 0 aliphatic carbocycles. The van der Waals surface area contributed by atoms with Crippen molar-refractivity contribution in [1.82, 2.24) is 4.98 Å². The van der Waals surface area contributed by atoms with Crippen LogP contribution in [-0.2, 0) is 16.0 Å². The summed E-state index contributed by atoms with van der Waals surface area (Å²) in [5.41, 5.74) is 0.954. The molecule has 0 saturated heterocycles. The summed E-state index contributed by atoms with van der Waals surface area (Å²) in [6.45, 7) is 3.33. The molecule has 1 aromatic heterocycles. The van der Waals surface area contributed by atoms with Gasteiger partial charge >= 0.3 is 0 Å². The molecule has 0 saturated carbocycles. The Morgan fingerprint density at radius 1 is 1.50 bits per heavy atom. The zero-order valence-electron chi connectivity index (χ0n) is 9.41. The molecule has 0 atom stereocenters. The van der Waals surface area contributed by atoms with Crippen LogP contribution in [0.2, 0.25) is 0 Å². The monoisotopic (exact) mass is 285 g/mol. The Hall–Kier alpha value is -0.740. The van der Waals surface area contributed by atoms with Crippen molar-refractivity contribution in [3.8, 4) is 0 Å². The Balaban J connectivity index is 2.29. The smallest absolute Gasteiger partial charge is 0.137 e. The molecule has 4 heteroatoms. The Labute approximate surface area is 104 Å². The van der Waals surface area contributed by atoms with E-state index < -0.39 is 0 Å². The van der Waals surface area contributed by atoms with Crippen LogP contribution in [0.1, 0.15) is 25.3 Å². The summed E-state index contributed by atoms with van der Waals surface area (Å²) >= 11 is 3.33. The van der Waals surface area contributed by atoms with Gasteiger partial charge in [-0.2, -0.15) is 0 Å². The number of rotatable bonds is 7. The van der Waals surface area contributed by atoms with Crippen LogP contribution in [0, 0.1) is 0 Å². The van der Waals surface area contributed by atoms with Crippen molar-refractivity contribution in [3.63, 3.8) is 0 Å². The topological polar surface area (TPSA) is 39.2 Å². The minimum Gasteiger partial charge on any atom is -0.382 e. The predicted octanol–water partition coefficient (Wildman–Crippen LogP) is 2.77. The third kappa shape index (κ3) is 5.37. The fourth-order valence-corrected chi connectivity index (χ4v) is 1.80. The molecule has 0 aromatic carbocycles. The highest BCUT2D eigenvalue weighted by Gasteiger charge is 2.04. The minimum absolute atomic E-state index is 0.236. The zero-order chi connectivity index (χ0) is 11.8. The normalized spacial score (nSPS) is 10.4. The van der Waals surface area contributed by atoms with Gasteiger partial charge in [0.15, 0.2) is 0 Å². The van der Waals surface area contributed by atoms with E-state index in [9.17, 15) is 4.79 Å². The number of carbonyl (C=O) groups excluding carboxylic acids is 1. The van der Waals surface area contributed by atoms with E-state index >= 15 is 0 Å². The summed E-state index contributed by atoms with van der Waals surface area (Å²) in [4.78, 5) is 15.6. The summed E-state index contributed by atoms with van der Waals surface area (Å²) in [6, 6.07) is 1.92. The fraction of sp³-hybridized carbons (Fsp3) is 0.500. The molecule has 0 spiro atoms. The lowest BCUT2D eigenvalue weighted by Gasteiger charge is -2.02. The number of hydrogen-bond donors (Lipinski definition) is 0. The van der Waals surface area contributed by atoms with Gasteiger partial charge in [0.1, 0.15) is 5.78 Å². The van der Waals surface area contributed by atoms with Crippen molar-refractivity contribution < 1.29 is 9.53 Å². The van der Waals surface area contributed by atoms with E-state index in [-0.39, 0.29) is 5.78 Å². The van der Waals surface area contributed by atoms with Crippen molar-refractivity contribution in [2.45, 2.75) is 26.2 Å². The minimum atomic E-state index is 0.236. The molecular formula is C12H16BrNO2. The number of nitrogens with zero attached hydrogens (tertiary/aromatic N) is 1. The second-order valence-electron chi connectivity index (χ2n) is 3.53. The van der Waals surface area contributed by atoms with Crippen LogP contribution < -0.4 is 0 Å². The molecule has 0 fully saturated rings. The lowest BCUT2D eigenvalue weighted by molar-refractivity contribution is -0.118. The van der Waals surface area contributed by atoms with Gasteiger partial charge in [-0.3, -0.25) is 9.78 Å². The SMILES string of the molecule is CCOCCCC(=O)Cc1cncc(Br)c1. The maximum Gasteiger partial charge on any atom is 0.137 e. The van der Waals surface area contributed by atoms with Crippen molar-refractivity contribution in [2.24, 2.45) is 0 Å². The number of carbonyl (C=O) groups is 1. The van der Waals surface area contributed by atoms with Gasteiger partial charge in [-0.1, -0.05) is 0 Å². The van der Waals surface area contributed by atoms with Crippen molar-refractivity contribution in [1.29, 1.82) is 0 Å². The van der Waals surface area contributed by atoms with E-state index in [0.717, 1.165) is 16.5 Å². The summed E-state index contributed by atoms with van der Waals surface area (Å²) < 4.78 is 6.09. The third-order valence-electron chi connectivity index (χ3n) is 2.11. The molecule has 0 aliphatic rings. The predicted molar refractivity (Wildman–Crippen MR) is 66.4 cm³/mol. The summed E-state index contributed by atoms with van der Waals surface area (Å²) in [7, 11) is 0. The first-order valence-electron chi connectivity index (χ1n) is 5.41. The highest BCUT2D eigenvalue weighted by atomic mass is 79.9. The van der Waals surface area contributed by atoms with Gasteiger partial charge in [-0.05, 0) is 40.9 Å². The largest absolute Gasteiger partial charge is 0.382 e. The molecule has 88 valence electrons. The lowest BCUT2D eigenvalue weighted by atomic mass is 10.1. The molecule has 3 nitrogen and oxygen atoms in total. The average Bonchev–Trinajstić information content (AvgIpc) is 2.24. The van der Waals surface area contributed by atoms with Crippen LogP contribution in [0.15, 0.2) is 22.9 Å². The number of Topliss-reactive ketones (excluding diaryl/α,β-unsaturated/α-hetero) is 1. The Morgan fingerprint density at radius 3 is 3.00 bits per heavy atom. The van der Waals surface area contributed by atoms with E-state index in [1.807, 2.05) is 13.0 Å². The van der Waals surface area contributed by atoms with Gasteiger partial charge in [0.05, 0.1) is 0 Å². The molecule has 1 heterocycles. The molecule has 0 bridgehead atoms. The first-order valence-corrected chi connectivity index (χ1v) is 6.20. The van der Waals surface area contributed by atoms with E-state index in [2.05, 4.69) is 20.9 Å². The molecule has 0 unspecified atom stereocenters. The van der Waals surface area contributed by atoms with Gasteiger partial charge in [0, 0.05) is 42.9 Å². The standard InChI is InChI=1S/C12H16BrNO2/c1-2-16-5-3-4-12(15)7-10-6-11(13)9-14-8-10/h6,8-9H,2-5,7H2,1H3. The summed E-state index contributed by atoms with van der Waals surface area (Å²) in [6.07, 6.45) is 5.27. The molecule has 0 N–H and O–H groups in total. The molecule has 0 amide bonds. The first kappa shape index (κ1) is 13.3. The lowest BCUT2D eigenvalue weighted by Crippen LogP contribution is -2.05. The van der Waals surface area contributed by atoms with Crippen molar-refractivity contribution >= 4 is 21.7 Å². The van der Waals surface area contributed by atoms with Gasteiger partial charge in [0.2, 0.25) is 0 Å². The highest BCUT2D eigenvalue weighted by molar-refractivity contribution is 9.10. The Bertz CT molecular complexity index is 342. The van der Waals surface area contributed by atoms with Crippen LogP contribution in [0.25, 0.3) is 0 Å². The van der Waals surface area contributed by atoms with Crippen LogP contribution in [0.5, 0.6) is 0 Å². The average molecular weight is 286 g/mol.